The first kappa shape index (κ1) is 13.6. The zero-order chi connectivity index (χ0) is 14.2. The second-order valence-electron chi connectivity index (χ2n) is 5.41. The fraction of sp³-hybridized carbons (Fsp3) is 0.467. The third kappa shape index (κ3) is 2.47. The highest BCUT2D eigenvalue weighted by atomic mass is 32.2. The van der Waals surface area contributed by atoms with Crippen molar-refractivity contribution in [2.45, 2.75) is 25.7 Å². The first-order chi connectivity index (χ1) is 9.60. The number of piperidine rings is 1. The molecular formula is C15H20N2O2S. The number of nitrogens with zero attached hydrogens (tertiary/aromatic N) is 1. The molecule has 2 aromatic rings. The molecule has 0 amide bonds. The van der Waals surface area contributed by atoms with Gasteiger partial charge < -0.3 is 4.98 Å². The number of hydrogen-bond donors (Lipinski definition) is 1. The molecule has 0 bridgehead atoms. The Kier molecular flexibility index (Phi) is 3.56. The molecule has 1 unspecified atom stereocenters. The highest BCUT2D eigenvalue weighted by Crippen LogP contribution is 2.30. The van der Waals surface area contributed by atoms with Crippen molar-refractivity contribution in [3.05, 3.63) is 36.0 Å². The minimum absolute atomic E-state index is 0.187. The standard InChI is InChI=1S/C15H20N2O2S/c1-2-20(18,19)17-9-5-7-13(11-17)15-10-12-6-3-4-8-14(12)16-15/h3-4,6,8,10,13,16H,2,5,7,9,11H2,1H3. The zero-order valence-corrected chi connectivity index (χ0v) is 12.5. The van der Waals surface area contributed by atoms with Crippen molar-refractivity contribution in [1.82, 2.24) is 9.29 Å². The molecule has 1 aliphatic heterocycles. The van der Waals surface area contributed by atoms with E-state index >= 15 is 0 Å². The second-order valence-corrected chi connectivity index (χ2v) is 7.67. The van der Waals surface area contributed by atoms with Gasteiger partial charge in [0.05, 0.1) is 5.75 Å². The molecule has 0 saturated carbocycles. The Balaban J connectivity index is 1.86. The molecule has 3 rings (SSSR count). The first-order valence-corrected chi connectivity index (χ1v) is 8.76. The number of fused-ring (bicyclic) bond motifs is 1. The van der Waals surface area contributed by atoms with Gasteiger partial charge in [0.2, 0.25) is 10.0 Å². The van der Waals surface area contributed by atoms with Crippen molar-refractivity contribution in [2.24, 2.45) is 0 Å². The van der Waals surface area contributed by atoms with Crippen LogP contribution in [0.5, 0.6) is 0 Å². The van der Waals surface area contributed by atoms with Gasteiger partial charge in [-0.3, -0.25) is 0 Å². The van der Waals surface area contributed by atoms with E-state index in [-0.39, 0.29) is 11.7 Å². The molecule has 1 atom stereocenters. The molecule has 4 nitrogen and oxygen atoms in total. The molecule has 1 N–H and O–H groups in total. The van der Waals surface area contributed by atoms with Gasteiger partial charge >= 0.3 is 0 Å². The predicted octanol–water partition coefficient (Wildman–Crippen LogP) is 2.70. The molecule has 20 heavy (non-hydrogen) atoms. The summed E-state index contributed by atoms with van der Waals surface area (Å²) in [5.74, 6) is 0.462. The third-order valence-corrected chi connectivity index (χ3v) is 5.98. The fourth-order valence-corrected chi connectivity index (χ4v) is 4.13. The summed E-state index contributed by atoms with van der Waals surface area (Å²) in [6, 6.07) is 10.3. The highest BCUT2D eigenvalue weighted by molar-refractivity contribution is 7.89. The Labute approximate surface area is 119 Å². The fourth-order valence-electron chi connectivity index (χ4n) is 2.95. The average molecular weight is 292 g/mol. The lowest BCUT2D eigenvalue weighted by atomic mass is 9.96. The SMILES string of the molecule is CCS(=O)(=O)N1CCCC(c2cc3ccccc3[nH]2)C1. The number of hydrogen-bond acceptors (Lipinski definition) is 2. The van der Waals surface area contributed by atoms with Crippen molar-refractivity contribution >= 4 is 20.9 Å². The molecular weight excluding hydrogens is 272 g/mol. The largest absolute Gasteiger partial charge is 0.358 e. The Hall–Kier alpha value is -1.33. The maximum absolute atomic E-state index is 12.0. The molecule has 0 spiro atoms. The van der Waals surface area contributed by atoms with Crippen LogP contribution in [0.15, 0.2) is 30.3 Å². The van der Waals surface area contributed by atoms with Gasteiger partial charge in [-0.05, 0) is 37.3 Å². The molecule has 0 aliphatic carbocycles. The normalized spacial score (nSPS) is 21.4. The monoisotopic (exact) mass is 292 g/mol. The van der Waals surface area contributed by atoms with Crippen molar-refractivity contribution < 1.29 is 8.42 Å². The number of para-hydroxylation sites is 1. The summed E-state index contributed by atoms with van der Waals surface area (Å²) in [5, 5.41) is 1.19. The molecule has 1 saturated heterocycles. The number of nitrogens with one attached hydrogen (secondary N) is 1. The van der Waals surface area contributed by atoms with E-state index in [1.54, 1.807) is 11.2 Å². The van der Waals surface area contributed by atoms with Crippen LogP contribution in [-0.4, -0.2) is 36.5 Å². The highest BCUT2D eigenvalue weighted by Gasteiger charge is 2.29. The van der Waals surface area contributed by atoms with E-state index in [9.17, 15) is 8.42 Å². The van der Waals surface area contributed by atoms with E-state index in [0.29, 0.717) is 13.1 Å². The Morgan fingerprint density at radius 1 is 1.35 bits per heavy atom. The summed E-state index contributed by atoms with van der Waals surface area (Å²) in [4.78, 5) is 3.43. The lowest BCUT2D eigenvalue weighted by Crippen LogP contribution is -2.39. The number of H-pyrrole nitrogens is 1. The van der Waals surface area contributed by atoms with Gasteiger partial charge in [-0.1, -0.05) is 18.2 Å². The van der Waals surface area contributed by atoms with E-state index in [0.717, 1.165) is 24.1 Å². The summed E-state index contributed by atoms with van der Waals surface area (Å²) in [7, 11) is -3.07. The minimum Gasteiger partial charge on any atom is -0.358 e. The van der Waals surface area contributed by atoms with Crippen molar-refractivity contribution in [3.8, 4) is 0 Å². The molecule has 1 fully saturated rings. The summed E-state index contributed by atoms with van der Waals surface area (Å²) in [6.07, 6.45) is 1.97. The van der Waals surface area contributed by atoms with E-state index in [2.05, 4.69) is 23.2 Å². The predicted molar refractivity (Wildman–Crippen MR) is 81.3 cm³/mol. The van der Waals surface area contributed by atoms with Crippen molar-refractivity contribution in [2.75, 3.05) is 18.8 Å². The Bertz CT molecular complexity index is 672. The molecule has 1 aliphatic rings. The van der Waals surface area contributed by atoms with Gasteiger partial charge in [0.15, 0.2) is 0 Å². The van der Waals surface area contributed by atoms with Crippen LogP contribution in [-0.2, 0) is 10.0 Å². The van der Waals surface area contributed by atoms with Crippen LogP contribution in [0.3, 0.4) is 0 Å². The van der Waals surface area contributed by atoms with Gasteiger partial charge in [0, 0.05) is 30.2 Å². The molecule has 2 heterocycles. The van der Waals surface area contributed by atoms with Gasteiger partial charge in [-0.2, -0.15) is 0 Å². The minimum atomic E-state index is -3.07. The number of benzene rings is 1. The number of rotatable bonds is 3. The Morgan fingerprint density at radius 2 is 2.15 bits per heavy atom. The van der Waals surface area contributed by atoms with Crippen LogP contribution in [0.4, 0.5) is 0 Å². The second kappa shape index (κ2) is 5.22. The van der Waals surface area contributed by atoms with Gasteiger partial charge in [0.25, 0.3) is 0 Å². The zero-order valence-electron chi connectivity index (χ0n) is 11.7. The molecule has 108 valence electrons. The van der Waals surface area contributed by atoms with E-state index < -0.39 is 10.0 Å². The summed E-state index contributed by atoms with van der Waals surface area (Å²) in [5.41, 5.74) is 2.28. The Morgan fingerprint density at radius 3 is 2.90 bits per heavy atom. The summed E-state index contributed by atoms with van der Waals surface area (Å²) < 4.78 is 25.7. The maximum atomic E-state index is 12.0. The lowest BCUT2D eigenvalue weighted by molar-refractivity contribution is 0.314. The van der Waals surface area contributed by atoms with Crippen LogP contribution in [0.2, 0.25) is 0 Å². The quantitative estimate of drug-likeness (QED) is 0.945. The van der Waals surface area contributed by atoms with Crippen molar-refractivity contribution in [3.63, 3.8) is 0 Å². The summed E-state index contributed by atoms with van der Waals surface area (Å²) in [6.45, 7) is 2.97. The van der Waals surface area contributed by atoms with Crippen LogP contribution in [0.25, 0.3) is 10.9 Å². The molecule has 5 heteroatoms. The maximum Gasteiger partial charge on any atom is 0.213 e. The van der Waals surface area contributed by atoms with Crippen LogP contribution >= 0.6 is 0 Å². The van der Waals surface area contributed by atoms with Crippen molar-refractivity contribution in [1.29, 1.82) is 0 Å². The number of sulfonamides is 1. The average Bonchev–Trinajstić information content (AvgIpc) is 2.91. The van der Waals surface area contributed by atoms with Crippen LogP contribution in [0, 0.1) is 0 Å². The molecule has 0 radical (unpaired) electrons. The van der Waals surface area contributed by atoms with E-state index in [1.807, 2.05) is 12.1 Å². The third-order valence-electron chi connectivity index (χ3n) is 4.13. The first-order valence-electron chi connectivity index (χ1n) is 7.15. The lowest BCUT2D eigenvalue weighted by Gasteiger charge is -2.31. The van der Waals surface area contributed by atoms with E-state index in [4.69, 9.17) is 0 Å². The number of aromatic amines is 1. The van der Waals surface area contributed by atoms with Crippen LogP contribution < -0.4 is 0 Å². The van der Waals surface area contributed by atoms with Gasteiger partial charge in [-0.15, -0.1) is 0 Å². The molecule has 1 aromatic carbocycles. The van der Waals surface area contributed by atoms with Crippen LogP contribution in [0.1, 0.15) is 31.4 Å². The topological polar surface area (TPSA) is 53.2 Å². The molecule has 1 aromatic heterocycles. The van der Waals surface area contributed by atoms with Gasteiger partial charge in [-0.25, -0.2) is 12.7 Å². The summed E-state index contributed by atoms with van der Waals surface area (Å²) >= 11 is 0. The smallest absolute Gasteiger partial charge is 0.213 e. The van der Waals surface area contributed by atoms with Gasteiger partial charge in [0.1, 0.15) is 0 Å². The van der Waals surface area contributed by atoms with E-state index in [1.165, 1.54) is 5.39 Å². The number of aromatic nitrogens is 1.